The molecule has 1 aliphatic heterocycles. The second-order valence-corrected chi connectivity index (χ2v) is 6.87. The zero-order valence-electron chi connectivity index (χ0n) is 14.9. The number of likely N-dealkylation sites (tertiary alicyclic amines) is 1. The van der Waals surface area contributed by atoms with Crippen molar-refractivity contribution in [2.75, 3.05) is 25.9 Å². The summed E-state index contributed by atoms with van der Waals surface area (Å²) in [5, 5.41) is 0. The van der Waals surface area contributed by atoms with Crippen molar-refractivity contribution >= 4 is 11.6 Å². The van der Waals surface area contributed by atoms with E-state index in [1.807, 2.05) is 42.3 Å². The molecule has 1 saturated heterocycles. The van der Waals surface area contributed by atoms with E-state index < -0.39 is 0 Å². The highest BCUT2D eigenvalue weighted by Crippen LogP contribution is 2.19. The third-order valence-corrected chi connectivity index (χ3v) is 5.10. The first-order valence-corrected chi connectivity index (χ1v) is 8.99. The largest absolute Gasteiger partial charge is 0.399 e. The van der Waals surface area contributed by atoms with Crippen molar-refractivity contribution < 1.29 is 4.79 Å². The zero-order chi connectivity index (χ0) is 17.6. The van der Waals surface area contributed by atoms with E-state index in [0.29, 0.717) is 18.9 Å². The van der Waals surface area contributed by atoms with Crippen LogP contribution in [-0.2, 0) is 17.8 Å². The van der Waals surface area contributed by atoms with Crippen LogP contribution < -0.4 is 5.73 Å². The Kier molecular flexibility index (Phi) is 5.71. The van der Waals surface area contributed by atoms with Gasteiger partial charge in [0.25, 0.3) is 0 Å². The number of nitrogens with two attached hydrogens (primary N) is 1. The topological polar surface area (TPSA) is 49.6 Å². The number of aryl methyl sites for hydroxylation is 1. The number of rotatable bonds is 6. The summed E-state index contributed by atoms with van der Waals surface area (Å²) in [6, 6.07) is 18.6. The maximum absolute atomic E-state index is 12.5. The highest BCUT2D eigenvalue weighted by Gasteiger charge is 2.28. The fraction of sp³-hybridized carbons (Fsp3) is 0.381. The van der Waals surface area contributed by atoms with Crippen LogP contribution in [0.2, 0.25) is 0 Å². The molecule has 2 aromatic rings. The van der Waals surface area contributed by atoms with E-state index in [-0.39, 0.29) is 5.91 Å². The van der Waals surface area contributed by atoms with E-state index in [9.17, 15) is 4.79 Å². The molecule has 1 aliphatic rings. The normalized spacial score (nSPS) is 17.6. The summed E-state index contributed by atoms with van der Waals surface area (Å²) < 4.78 is 0. The summed E-state index contributed by atoms with van der Waals surface area (Å²) in [5.41, 5.74) is 9.12. The van der Waals surface area contributed by atoms with Gasteiger partial charge in [-0.1, -0.05) is 48.5 Å². The van der Waals surface area contributed by atoms with Crippen molar-refractivity contribution in [1.29, 1.82) is 0 Å². The van der Waals surface area contributed by atoms with Crippen molar-refractivity contribution in [2.24, 2.45) is 0 Å². The molecule has 132 valence electrons. The van der Waals surface area contributed by atoms with Gasteiger partial charge in [0.15, 0.2) is 0 Å². The summed E-state index contributed by atoms with van der Waals surface area (Å²) in [6.07, 6.45) is 2.26. The fourth-order valence-corrected chi connectivity index (χ4v) is 3.50. The van der Waals surface area contributed by atoms with E-state index in [1.54, 1.807) is 0 Å². The molecule has 1 heterocycles. The Morgan fingerprint density at radius 1 is 1.16 bits per heavy atom. The van der Waals surface area contributed by atoms with E-state index in [1.165, 1.54) is 5.56 Å². The smallest absolute Gasteiger partial charge is 0.222 e. The van der Waals surface area contributed by atoms with Crippen molar-refractivity contribution in [1.82, 2.24) is 9.80 Å². The summed E-state index contributed by atoms with van der Waals surface area (Å²) in [5.74, 6) is 0.204. The Balaban J connectivity index is 1.48. The third kappa shape index (κ3) is 4.60. The number of benzene rings is 2. The molecule has 0 bridgehead atoms. The average molecular weight is 337 g/mol. The van der Waals surface area contributed by atoms with E-state index in [0.717, 1.165) is 37.3 Å². The number of hydrogen-bond donors (Lipinski definition) is 1. The van der Waals surface area contributed by atoms with Gasteiger partial charge in [-0.05, 0) is 30.0 Å². The monoisotopic (exact) mass is 337 g/mol. The van der Waals surface area contributed by atoms with Crippen molar-refractivity contribution in [3.63, 3.8) is 0 Å². The number of nitrogens with zero attached hydrogens (tertiary/aromatic N) is 2. The maximum Gasteiger partial charge on any atom is 0.222 e. The quantitative estimate of drug-likeness (QED) is 0.825. The standard InChI is InChI=1S/C21H27N3O/c1-23(21(25)12-11-18-9-5-6-10-20(18)22)19-13-14-24(16-19)15-17-7-3-2-4-8-17/h2-10,19H,11-16,22H2,1H3. The number of amides is 1. The van der Waals surface area contributed by atoms with Gasteiger partial charge in [-0.25, -0.2) is 0 Å². The number of likely N-dealkylation sites (N-methyl/N-ethyl adjacent to an activating group) is 1. The lowest BCUT2D eigenvalue weighted by atomic mass is 10.1. The van der Waals surface area contributed by atoms with Crippen LogP contribution in [0.1, 0.15) is 24.0 Å². The molecule has 2 N–H and O–H groups in total. The third-order valence-electron chi connectivity index (χ3n) is 5.10. The minimum Gasteiger partial charge on any atom is -0.399 e. The molecule has 1 atom stereocenters. The van der Waals surface area contributed by atoms with Crippen LogP contribution >= 0.6 is 0 Å². The van der Waals surface area contributed by atoms with Gasteiger partial charge in [-0.2, -0.15) is 0 Å². The van der Waals surface area contributed by atoms with Crippen LogP contribution in [0.15, 0.2) is 54.6 Å². The number of carbonyl (C=O) groups is 1. The first kappa shape index (κ1) is 17.5. The maximum atomic E-state index is 12.5. The van der Waals surface area contributed by atoms with Crippen LogP contribution in [-0.4, -0.2) is 41.9 Å². The van der Waals surface area contributed by atoms with Gasteiger partial charge < -0.3 is 10.6 Å². The minimum atomic E-state index is 0.204. The number of anilines is 1. The molecular formula is C21H27N3O. The van der Waals surface area contributed by atoms with Gasteiger partial charge in [0, 0.05) is 44.8 Å². The van der Waals surface area contributed by atoms with Crippen molar-refractivity contribution in [2.45, 2.75) is 31.8 Å². The lowest BCUT2D eigenvalue weighted by molar-refractivity contribution is -0.131. The van der Waals surface area contributed by atoms with Crippen LogP contribution in [0.3, 0.4) is 0 Å². The molecule has 4 nitrogen and oxygen atoms in total. The first-order valence-electron chi connectivity index (χ1n) is 8.99. The number of hydrogen-bond acceptors (Lipinski definition) is 3. The Bertz CT molecular complexity index is 701. The van der Waals surface area contributed by atoms with Crippen LogP contribution in [0.25, 0.3) is 0 Å². The molecular weight excluding hydrogens is 310 g/mol. The fourth-order valence-electron chi connectivity index (χ4n) is 3.50. The van der Waals surface area contributed by atoms with E-state index in [4.69, 9.17) is 5.73 Å². The average Bonchev–Trinajstić information content (AvgIpc) is 3.09. The molecule has 1 amide bonds. The summed E-state index contributed by atoms with van der Waals surface area (Å²) >= 11 is 0. The van der Waals surface area contributed by atoms with Crippen LogP contribution in [0.4, 0.5) is 5.69 Å². The lowest BCUT2D eigenvalue weighted by Gasteiger charge is -2.25. The van der Waals surface area contributed by atoms with Crippen molar-refractivity contribution in [3.05, 3.63) is 65.7 Å². The van der Waals surface area contributed by atoms with Crippen molar-refractivity contribution in [3.8, 4) is 0 Å². The minimum absolute atomic E-state index is 0.204. The Morgan fingerprint density at radius 2 is 1.88 bits per heavy atom. The SMILES string of the molecule is CN(C(=O)CCc1ccccc1N)C1CCN(Cc2ccccc2)C1. The molecule has 1 fully saturated rings. The Hall–Kier alpha value is -2.33. The summed E-state index contributed by atoms with van der Waals surface area (Å²) in [7, 11) is 1.94. The molecule has 0 saturated carbocycles. The molecule has 1 unspecified atom stereocenters. The zero-order valence-corrected chi connectivity index (χ0v) is 14.9. The number of para-hydroxylation sites is 1. The summed E-state index contributed by atoms with van der Waals surface area (Å²) in [6.45, 7) is 2.95. The van der Waals surface area contributed by atoms with Crippen LogP contribution in [0, 0.1) is 0 Å². The second-order valence-electron chi connectivity index (χ2n) is 6.87. The van der Waals surface area contributed by atoms with Gasteiger partial charge >= 0.3 is 0 Å². The van der Waals surface area contributed by atoms with Gasteiger partial charge in [0.1, 0.15) is 0 Å². The van der Waals surface area contributed by atoms with Gasteiger partial charge in [-0.3, -0.25) is 9.69 Å². The van der Waals surface area contributed by atoms with E-state index in [2.05, 4.69) is 29.2 Å². The lowest BCUT2D eigenvalue weighted by Crippen LogP contribution is -2.39. The molecule has 0 spiro atoms. The number of carbonyl (C=O) groups excluding carboxylic acids is 1. The van der Waals surface area contributed by atoms with Gasteiger partial charge in [0.05, 0.1) is 0 Å². The molecule has 0 aromatic heterocycles. The first-order chi connectivity index (χ1) is 12.1. The Morgan fingerprint density at radius 3 is 2.64 bits per heavy atom. The predicted octanol–water partition coefficient (Wildman–Crippen LogP) is 2.93. The molecule has 2 aromatic carbocycles. The molecule has 3 rings (SSSR count). The summed E-state index contributed by atoms with van der Waals surface area (Å²) in [4.78, 5) is 16.9. The van der Waals surface area contributed by atoms with Crippen LogP contribution in [0.5, 0.6) is 0 Å². The molecule has 25 heavy (non-hydrogen) atoms. The van der Waals surface area contributed by atoms with Gasteiger partial charge in [0.2, 0.25) is 5.91 Å². The van der Waals surface area contributed by atoms with E-state index >= 15 is 0 Å². The van der Waals surface area contributed by atoms with Gasteiger partial charge in [-0.15, -0.1) is 0 Å². The second kappa shape index (κ2) is 8.17. The highest BCUT2D eigenvalue weighted by atomic mass is 16.2. The Labute approximate surface area is 150 Å². The highest BCUT2D eigenvalue weighted by molar-refractivity contribution is 5.76. The predicted molar refractivity (Wildman–Crippen MR) is 102 cm³/mol. The molecule has 4 heteroatoms. The number of nitrogen functional groups attached to an aromatic ring is 1. The molecule has 0 radical (unpaired) electrons. The molecule has 0 aliphatic carbocycles.